The van der Waals surface area contributed by atoms with Crippen molar-refractivity contribution in [3.05, 3.63) is 60.1 Å². The fourth-order valence-corrected chi connectivity index (χ4v) is 4.90. The van der Waals surface area contributed by atoms with Crippen LogP contribution in [0.2, 0.25) is 0 Å². The van der Waals surface area contributed by atoms with Gasteiger partial charge in [-0.15, -0.1) is 0 Å². The van der Waals surface area contributed by atoms with Crippen LogP contribution < -0.4 is 5.32 Å². The smallest absolute Gasteiger partial charge is 0.224 e. The maximum Gasteiger partial charge on any atom is 0.224 e. The number of hydrogen-bond acceptors (Lipinski definition) is 4. The number of likely N-dealkylation sites (tertiary alicyclic amines) is 2. The van der Waals surface area contributed by atoms with E-state index in [9.17, 15) is 4.79 Å². The summed E-state index contributed by atoms with van der Waals surface area (Å²) < 4.78 is 5.34. The van der Waals surface area contributed by atoms with Crippen molar-refractivity contribution in [2.24, 2.45) is 5.92 Å². The molecule has 0 bridgehead atoms. The lowest BCUT2D eigenvalue weighted by atomic mass is 9.93. The largest absolute Gasteiger partial charge is 0.469 e. The third-order valence-electron chi connectivity index (χ3n) is 6.71. The van der Waals surface area contributed by atoms with E-state index in [1.807, 2.05) is 12.1 Å². The van der Waals surface area contributed by atoms with Gasteiger partial charge in [0.1, 0.15) is 5.76 Å². The highest BCUT2D eigenvalue weighted by atomic mass is 16.3. The molecule has 1 aromatic carbocycles. The van der Waals surface area contributed by atoms with E-state index in [2.05, 4.69) is 45.4 Å². The summed E-state index contributed by atoms with van der Waals surface area (Å²) in [5.74, 6) is 1.28. The predicted molar refractivity (Wildman–Crippen MR) is 119 cm³/mol. The summed E-state index contributed by atoms with van der Waals surface area (Å²) in [5, 5.41) is 3.12. The van der Waals surface area contributed by atoms with Crippen LogP contribution >= 0.6 is 0 Å². The number of nitrogens with one attached hydrogen (secondary N) is 1. The SMILES string of the molecule is O=C(NCCc1ccco1)[C@H]1CCCN(C2CCN(CCc3ccccc3)CC2)C1. The number of piperidine rings is 2. The summed E-state index contributed by atoms with van der Waals surface area (Å²) in [6, 6.07) is 15.3. The number of furan rings is 1. The molecule has 1 aromatic heterocycles. The Morgan fingerprint density at radius 3 is 2.60 bits per heavy atom. The number of nitrogens with zero attached hydrogens (tertiary/aromatic N) is 2. The lowest BCUT2D eigenvalue weighted by Crippen LogP contribution is -2.51. The van der Waals surface area contributed by atoms with E-state index in [1.54, 1.807) is 6.26 Å². The first-order valence-corrected chi connectivity index (χ1v) is 11.6. The van der Waals surface area contributed by atoms with Crippen molar-refractivity contribution in [3.8, 4) is 0 Å². The average Bonchev–Trinajstić information content (AvgIpc) is 3.32. The summed E-state index contributed by atoms with van der Waals surface area (Å²) in [6.07, 6.45) is 8.17. The Labute approximate surface area is 180 Å². The zero-order valence-electron chi connectivity index (χ0n) is 18.0. The normalized spacial score (nSPS) is 21.5. The molecule has 4 rings (SSSR count). The second-order valence-electron chi connectivity index (χ2n) is 8.76. The van der Waals surface area contributed by atoms with E-state index in [1.165, 1.54) is 31.5 Å². The Hall–Kier alpha value is -2.11. The van der Waals surface area contributed by atoms with E-state index in [-0.39, 0.29) is 11.8 Å². The summed E-state index contributed by atoms with van der Waals surface area (Å²) in [4.78, 5) is 17.8. The molecule has 2 aliphatic heterocycles. The van der Waals surface area contributed by atoms with Gasteiger partial charge in [0.25, 0.3) is 0 Å². The fourth-order valence-electron chi connectivity index (χ4n) is 4.90. The molecule has 5 heteroatoms. The van der Waals surface area contributed by atoms with Gasteiger partial charge in [0.05, 0.1) is 12.2 Å². The van der Waals surface area contributed by atoms with Gasteiger partial charge in [-0.1, -0.05) is 30.3 Å². The minimum absolute atomic E-state index is 0.131. The van der Waals surface area contributed by atoms with Gasteiger partial charge in [-0.3, -0.25) is 9.69 Å². The first-order chi connectivity index (χ1) is 14.8. The summed E-state index contributed by atoms with van der Waals surface area (Å²) >= 11 is 0. The van der Waals surface area contributed by atoms with Crippen LogP contribution in [0.4, 0.5) is 0 Å². The van der Waals surface area contributed by atoms with Gasteiger partial charge in [-0.25, -0.2) is 0 Å². The summed E-state index contributed by atoms with van der Waals surface area (Å²) in [5.41, 5.74) is 1.43. The van der Waals surface area contributed by atoms with Crippen LogP contribution in [-0.2, 0) is 17.6 Å². The molecule has 0 unspecified atom stereocenters. The lowest BCUT2D eigenvalue weighted by Gasteiger charge is -2.42. The van der Waals surface area contributed by atoms with Crippen molar-refractivity contribution >= 4 is 5.91 Å². The van der Waals surface area contributed by atoms with Crippen LogP contribution in [0.25, 0.3) is 0 Å². The lowest BCUT2D eigenvalue weighted by molar-refractivity contribution is -0.127. The molecule has 2 aromatic rings. The highest BCUT2D eigenvalue weighted by Gasteiger charge is 2.31. The zero-order chi connectivity index (χ0) is 20.6. The van der Waals surface area contributed by atoms with E-state index in [0.717, 1.165) is 51.1 Å². The maximum atomic E-state index is 12.7. The van der Waals surface area contributed by atoms with E-state index < -0.39 is 0 Å². The maximum absolute atomic E-state index is 12.7. The van der Waals surface area contributed by atoms with Gasteiger partial charge in [0, 0.05) is 32.1 Å². The summed E-state index contributed by atoms with van der Waals surface area (Å²) in [6.45, 7) is 6.22. The van der Waals surface area contributed by atoms with Crippen molar-refractivity contribution < 1.29 is 9.21 Å². The standard InChI is InChI=1S/C25H35N3O2/c29-25(26-14-10-24-9-5-19-30-24)22-8-4-15-28(20-22)23-12-17-27(18-13-23)16-11-21-6-2-1-3-7-21/h1-3,5-7,9,19,22-23H,4,8,10-18,20H2,(H,26,29)/t22-/m0/s1. The monoisotopic (exact) mass is 409 g/mol. The molecule has 5 nitrogen and oxygen atoms in total. The number of rotatable bonds is 8. The van der Waals surface area contributed by atoms with Gasteiger partial charge >= 0.3 is 0 Å². The van der Waals surface area contributed by atoms with Crippen molar-refractivity contribution in [2.45, 2.75) is 44.6 Å². The van der Waals surface area contributed by atoms with Gasteiger partial charge in [0.2, 0.25) is 5.91 Å². The van der Waals surface area contributed by atoms with Crippen LogP contribution in [0.15, 0.2) is 53.1 Å². The number of benzene rings is 1. The number of carbonyl (C=O) groups excluding carboxylic acids is 1. The molecule has 0 spiro atoms. The first-order valence-electron chi connectivity index (χ1n) is 11.6. The minimum Gasteiger partial charge on any atom is -0.469 e. The molecule has 2 aliphatic rings. The second kappa shape index (κ2) is 10.8. The van der Waals surface area contributed by atoms with Crippen LogP contribution in [0, 0.1) is 5.92 Å². The molecule has 2 fully saturated rings. The van der Waals surface area contributed by atoms with Crippen LogP contribution in [0.3, 0.4) is 0 Å². The van der Waals surface area contributed by atoms with Crippen LogP contribution in [0.5, 0.6) is 0 Å². The number of carbonyl (C=O) groups is 1. The Kier molecular flexibility index (Phi) is 7.59. The molecule has 1 N–H and O–H groups in total. The van der Waals surface area contributed by atoms with E-state index in [4.69, 9.17) is 4.42 Å². The third kappa shape index (κ3) is 5.96. The number of amides is 1. The quantitative estimate of drug-likeness (QED) is 0.726. The molecular formula is C25H35N3O2. The van der Waals surface area contributed by atoms with Crippen molar-refractivity contribution in [1.82, 2.24) is 15.1 Å². The number of hydrogen-bond donors (Lipinski definition) is 1. The average molecular weight is 410 g/mol. The first kappa shape index (κ1) is 21.1. The molecule has 30 heavy (non-hydrogen) atoms. The zero-order valence-corrected chi connectivity index (χ0v) is 18.0. The molecule has 2 saturated heterocycles. The summed E-state index contributed by atoms with van der Waals surface area (Å²) in [7, 11) is 0. The Morgan fingerprint density at radius 1 is 1.00 bits per heavy atom. The third-order valence-corrected chi connectivity index (χ3v) is 6.71. The molecule has 0 radical (unpaired) electrons. The van der Waals surface area contributed by atoms with Crippen LogP contribution in [-0.4, -0.2) is 61.0 Å². The minimum atomic E-state index is 0.131. The Bertz CT molecular complexity index is 754. The van der Waals surface area contributed by atoms with Crippen molar-refractivity contribution in [2.75, 3.05) is 39.3 Å². The van der Waals surface area contributed by atoms with E-state index in [0.29, 0.717) is 12.6 Å². The molecule has 1 amide bonds. The molecule has 0 saturated carbocycles. The van der Waals surface area contributed by atoms with Gasteiger partial charge < -0.3 is 14.6 Å². The Morgan fingerprint density at radius 2 is 1.83 bits per heavy atom. The van der Waals surface area contributed by atoms with Gasteiger partial charge in [0.15, 0.2) is 0 Å². The predicted octanol–water partition coefficient (Wildman–Crippen LogP) is 3.36. The van der Waals surface area contributed by atoms with Gasteiger partial charge in [-0.05, 0) is 69.4 Å². The van der Waals surface area contributed by atoms with E-state index >= 15 is 0 Å². The molecular weight excluding hydrogens is 374 g/mol. The molecule has 1 atom stereocenters. The Balaban J connectivity index is 1.17. The van der Waals surface area contributed by atoms with Crippen LogP contribution in [0.1, 0.15) is 37.0 Å². The van der Waals surface area contributed by atoms with Gasteiger partial charge in [-0.2, -0.15) is 0 Å². The van der Waals surface area contributed by atoms with Crippen molar-refractivity contribution in [1.29, 1.82) is 0 Å². The second-order valence-corrected chi connectivity index (χ2v) is 8.76. The fraction of sp³-hybridized carbons (Fsp3) is 0.560. The van der Waals surface area contributed by atoms with Crippen molar-refractivity contribution in [3.63, 3.8) is 0 Å². The molecule has 162 valence electrons. The molecule has 0 aliphatic carbocycles. The topological polar surface area (TPSA) is 48.7 Å². The highest BCUT2D eigenvalue weighted by molar-refractivity contribution is 5.78. The highest BCUT2D eigenvalue weighted by Crippen LogP contribution is 2.24. The molecule has 3 heterocycles.